The van der Waals surface area contributed by atoms with Crippen molar-refractivity contribution >= 4 is 11.8 Å². The summed E-state index contributed by atoms with van der Waals surface area (Å²) >= 11 is 0. The number of hydrogen-bond acceptors (Lipinski definition) is 3. The van der Waals surface area contributed by atoms with Crippen LogP contribution in [0, 0.1) is 11.6 Å². The number of halogens is 2. The molecule has 1 fully saturated rings. The maximum Gasteiger partial charge on any atom is 0.251 e. The highest BCUT2D eigenvalue weighted by atomic mass is 19.2. The monoisotopic (exact) mass is 373 g/mol. The van der Waals surface area contributed by atoms with Crippen LogP contribution in [0.5, 0.6) is 0 Å². The number of amides is 2. The van der Waals surface area contributed by atoms with Crippen molar-refractivity contribution in [2.24, 2.45) is 0 Å². The maximum absolute atomic E-state index is 13.6. The summed E-state index contributed by atoms with van der Waals surface area (Å²) < 4.78 is 26.9. The van der Waals surface area contributed by atoms with Crippen molar-refractivity contribution < 1.29 is 18.4 Å². The summed E-state index contributed by atoms with van der Waals surface area (Å²) in [6.07, 6.45) is 0.689. The molecular weight excluding hydrogens is 352 g/mol. The third-order valence-corrected chi connectivity index (χ3v) is 4.78. The number of rotatable bonds is 4. The van der Waals surface area contributed by atoms with Crippen LogP contribution in [-0.2, 0) is 0 Å². The van der Waals surface area contributed by atoms with Crippen molar-refractivity contribution in [2.75, 3.05) is 20.1 Å². The van der Waals surface area contributed by atoms with Crippen molar-refractivity contribution in [3.8, 4) is 0 Å². The fourth-order valence-corrected chi connectivity index (χ4v) is 3.35. The average Bonchev–Trinajstić information content (AvgIpc) is 2.70. The molecule has 2 aromatic carbocycles. The first kappa shape index (κ1) is 19.0. The molecule has 0 aromatic heterocycles. The Kier molecular flexibility index (Phi) is 5.81. The molecule has 1 aliphatic heterocycles. The lowest BCUT2D eigenvalue weighted by molar-refractivity contribution is 0.0924. The largest absolute Gasteiger partial charge is 0.355 e. The molecule has 0 bridgehead atoms. The molecule has 2 unspecified atom stereocenters. The van der Waals surface area contributed by atoms with E-state index in [2.05, 4.69) is 16.0 Å². The summed E-state index contributed by atoms with van der Waals surface area (Å²) in [5.41, 5.74) is 1.41. The topological polar surface area (TPSA) is 70.2 Å². The number of carbonyl (C=O) groups excluding carboxylic acids is 2. The Morgan fingerprint density at radius 1 is 1.04 bits per heavy atom. The molecule has 1 aliphatic rings. The SMILES string of the molecule is CNC(=O)c1cccc(C(=O)NC2CNCCC2c2ccc(F)c(F)c2)c1. The van der Waals surface area contributed by atoms with Crippen molar-refractivity contribution in [1.29, 1.82) is 0 Å². The first-order valence-corrected chi connectivity index (χ1v) is 8.78. The summed E-state index contributed by atoms with van der Waals surface area (Å²) in [7, 11) is 1.52. The van der Waals surface area contributed by atoms with Gasteiger partial charge in [0.25, 0.3) is 11.8 Å². The molecule has 5 nitrogen and oxygen atoms in total. The smallest absolute Gasteiger partial charge is 0.251 e. The number of piperidine rings is 1. The van der Waals surface area contributed by atoms with Gasteiger partial charge in [-0.25, -0.2) is 8.78 Å². The third kappa shape index (κ3) is 4.31. The van der Waals surface area contributed by atoms with E-state index in [1.54, 1.807) is 24.3 Å². The summed E-state index contributed by atoms with van der Waals surface area (Å²) in [5.74, 6) is -2.51. The second-order valence-electron chi connectivity index (χ2n) is 6.51. The molecule has 3 rings (SSSR count). The molecule has 0 radical (unpaired) electrons. The van der Waals surface area contributed by atoms with Crippen LogP contribution >= 0.6 is 0 Å². The molecule has 0 spiro atoms. The van der Waals surface area contributed by atoms with Gasteiger partial charge in [0.05, 0.1) is 0 Å². The fraction of sp³-hybridized carbons (Fsp3) is 0.300. The molecule has 2 atom stereocenters. The molecule has 0 saturated carbocycles. The highest BCUT2D eigenvalue weighted by Gasteiger charge is 2.28. The standard InChI is InChI=1S/C20H21F2N3O2/c1-23-19(26)13-3-2-4-14(9-13)20(27)25-18-11-24-8-7-15(18)12-5-6-16(21)17(22)10-12/h2-6,9-10,15,18,24H,7-8,11H2,1H3,(H,23,26)(H,25,27). The normalized spacial score (nSPS) is 19.4. The van der Waals surface area contributed by atoms with Crippen LogP contribution < -0.4 is 16.0 Å². The number of benzene rings is 2. The Bertz CT molecular complexity index is 857. The van der Waals surface area contributed by atoms with Gasteiger partial charge in [-0.3, -0.25) is 9.59 Å². The molecule has 2 aromatic rings. The Morgan fingerprint density at radius 2 is 1.78 bits per heavy atom. The van der Waals surface area contributed by atoms with Gasteiger partial charge in [-0.2, -0.15) is 0 Å². The number of hydrogen-bond donors (Lipinski definition) is 3. The average molecular weight is 373 g/mol. The van der Waals surface area contributed by atoms with Gasteiger partial charge in [0.2, 0.25) is 0 Å². The number of carbonyl (C=O) groups is 2. The number of nitrogens with one attached hydrogen (secondary N) is 3. The Hall–Kier alpha value is -2.80. The van der Waals surface area contributed by atoms with Crippen LogP contribution in [0.2, 0.25) is 0 Å². The van der Waals surface area contributed by atoms with Crippen LogP contribution in [0.4, 0.5) is 8.78 Å². The highest BCUT2D eigenvalue weighted by Crippen LogP contribution is 2.27. The molecule has 0 aliphatic carbocycles. The molecule has 27 heavy (non-hydrogen) atoms. The summed E-state index contributed by atoms with van der Waals surface area (Å²) in [5, 5.41) is 8.68. The van der Waals surface area contributed by atoms with E-state index >= 15 is 0 Å². The predicted molar refractivity (Wildman–Crippen MR) is 97.7 cm³/mol. The lowest BCUT2D eigenvalue weighted by Crippen LogP contribution is -2.50. The van der Waals surface area contributed by atoms with Crippen LogP contribution in [0.3, 0.4) is 0 Å². The Balaban J connectivity index is 1.79. The summed E-state index contributed by atoms with van der Waals surface area (Å²) in [6.45, 7) is 1.24. The van der Waals surface area contributed by atoms with E-state index in [1.807, 2.05) is 0 Å². The van der Waals surface area contributed by atoms with Crippen molar-refractivity contribution in [3.05, 3.63) is 70.8 Å². The first-order valence-electron chi connectivity index (χ1n) is 8.78. The minimum absolute atomic E-state index is 0.132. The Morgan fingerprint density at radius 3 is 2.48 bits per heavy atom. The van der Waals surface area contributed by atoms with E-state index in [-0.39, 0.29) is 23.8 Å². The zero-order valence-electron chi connectivity index (χ0n) is 14.9. The lowest BCUT2D eigenvalue weighted by atomic mass is 9.85. The minimum atomic E-state index is -0.894. The van der Waals surface area contributed by atoms with Crippen LogP contribution in [0.25, 0.3) is 0 Å². The summed E-state index contributed by atoms with van der Waals surface area (Å²) in [6, 6.07) is 10.0. The fourth-order valence-electron chi connectivity index (χ4n) is 3.35. The van der Waals surface area contributed by atoms with E-state index in [9.17, 15) is 18.4 Å². The Labute approximate surface area is 156 Å². The quantitative estimate of drug-likeness (QED) is 0.770. The van der Waals surface area contributed by atoms with Gasteiger partial charge in [0.1, 0.15) is 0 Å². The second kappa shape index (κ2) is 8.26. The van der Waals surface area contributed by atoms with Gasteiger partial charge in [0, 0.05) is 36.7 Å². The molecule has 142 valence electrons. The zero-order chi connectivity index (χ0) is 19.4. The highest BCUT2D eigenvalue weighted by molar-refractivity contribution is 5.99. The first-order chi connectivity index (χ1) is 13.0. The molecule has 1 saturated heterocycles. The van der Waals surface area contributed by atoms with Gasteiger partial charge in [-0.15, -0.1) is 0 Å². The second-order valence-corrected chi connectivity index (χ2v) is 6.51. The van der Waals surface area contributed by atoms with Crippen LogP contribution in [0.1, 0.15) is 38.6 Å². The van der Waals surface area contributed by atoms with Gasteiger partial charge in [0.15, 0.2) is 11.6 Å². The van der Waals surface area contributed by atoms with E-state index < -0.39 is 11.6 Å². The zero-order valence-corrected chi connectivity index (χ0v) is 14.9. The van der Waals surface area contributed by atoms with E-state index in [1.165, 1.54) is 19.2 Å². The van der Waals surface area contributed by atoms with Crippen LogP contribution in [-0.4, -0.2) is 38.0 Å². The van der Waals surface area contributed by atoms with Crippen molar-refractivity contribution in [2.45, 2.75) is 18.4 Å². The van der Waals surface area contributed by atoms with Gasteiger partial charge < -0.3 is 16.0 Å². The van der Waals surface area contributed by atoms with Gasteiger partial charge in [-0.05, 0) is 48.9 Å². The summed E-state index contributed by atoms with van der Waals surface area (Å²) in [4.78, 5) is 24.4. The van der Waals surface area contributed by atoms with E-state index in [4.69, 9.17) is 0 Å². The van der Waals surface area contributed by atoms with Crippen LogP contribution in [0.15, 0.2) is 42.5 Å². The third-order valence-electron chi connectivity index (χ3n) is 4.78. The van der Waals surface area contributed by atoms with E-state index in [0.29, 0.717) is 29.7 Å². The molecule has 3 N–H and O–H groups in total. The molecule has 1 heterocycles. The van der Waals surface area contributed by atoms with E-state index in [0.717, 1.165) is 12.6 Å². The molecule has 7 heteroatoms. The van der Waals surface area contributed by atoms with Gasteiger partial charge in [-0.1, -0.05) is 12.1 Å². The minimum Gasteiger partial charge on any atom is -0.355 e. The van der Waals surface area contributed by atoms with Crippen molar-refractivity contribution in [1.82, 2.24) is 16.0 Å². The maximum atomic E-state index is 13.6. The molecule has 2 amide bonds. The van der Waals surface area contributed by atoms with Gasteiger partial charge >= 0.3 is 0 Å². The molecular formula is C20H21F2N3O2. The van der Waals surface area contributed by atoms with Crippen molar-refractivity contribution in [3.63, 3.8) is 0 Å². The predicted octanol–water partition coefficient (Wildman–Crippen LogP) is 2.20. The lowest BCUT2D eigenvalue weighted by Gasteiger charge is -2.33.